The fourth-order valence-electron chi connectivity index (χ4n) is 4.67. The molecule has 1 aromatic heterocycles. The largest absolute Gasteiger partial charge is 0.322 e. The zero-order valence-electron chi connectivity index (χ0n) is 20.1. The number of anilines is 1. The van der Waals surface area contributed by atoms with Crippen molar-refractivity contribution < 1.29 is 9.59 Å². The molecule has 176 valence electrons. The number of hydrogen-bond donors (Lipinski definition) is 1. The van der Waals surface area contributed by atoms with Crippen molar-refractivity contribution in [1.82, 2.24) is 9.88 Å². The predicted octanol–water partition coefficient (Wildman–Crippen LogP) is 5.46. The summed E-state index contributed by atoms with van der Waals surface area (Å²) in [4.78, 5) is 32.0. The van der Waals surface area contributed by atoms with Gasteiger partial charge in [-0.3, -0.25) is 14.6 Å². The second-order valence-electron chi connectivity index (χ2n) is 9.66. The summed E-state index contributed by atoms with van der Waals surface area (Å²) in [5.41, 5.74) is 4.67. The second kappa shape index (κ2) is 9.80. The Labute approximate surface area is 205 Å². The highest BCUT2D eigenvalue weighted by molar-refractivity contribution is 6.04. The van der Waals surface area contributed by atoms with Gasteiger partial charge in [0.2, 0.25) is 0 Å². The SMILES string of the molecule is CN(C)Cc1ccc(NC(=O)c2cccc([C@@H]3C[C@H]3C(=O)Cc3ccc4cnccc4c3)c2)cc1. The third kappa shape index (κ3) is 5.47. The fraction of sp³-hybridized carbons (Fsp3) is 0.233. The van der Waals surface area contributed by atoms with Crippen LogP contribution in [0.2, 0.25) is 0 Å². The Kier molecular flexibility index (Phi) is 6.43. The van der Waals surface area contributed by atoms with Gasteiger partial charge in [0.1, 0.15) is 5.78 Å². The Morgan fingerprint density at radius 2 is 1.74 bits per heavy atom. The van der Waals surface area contributed by atoms with Crippen LogP contribution in [0.25, 0.3) is 10.8 Å². The molecule has 0 saturated heterocycles. The molecule has 1 aliphatic carbocycles. The number of rotatable bonds is 8. The van der Waals surface area contributed by atoms with Gasteiger partial charge in [0.05, 0.1) is 0 Å². The number of hydrogen-bond acceptors (Lipinski definition) is 4. The zero-order chi connectivity index (χ0) is 24.4. The van der Waals surface area contributed by atoms with E-state index in [1.807, 2.05) is 87.0 Å². The highest BCUT2D eigenvalue weighted by Gasteiger charge is 2.43. The lowest BCUT2D eigenvalue weighted by atomic mass is 10.00. The maximum absolute atomic E-state index is 13.0. The zero-order valence-corrected chi connectivity index (χ0v) is 20.1. The Morgan fingerprint density at radius 3 is 2.54 bits per heavy atom. The summed E-state index contributed by atoms with van der Waals surface area (Å²) < 4.78 is 0. The lowest BCUT2D eigenvalue weighted by Crippen LogP contribution is -2.13. The summed E-state index contributed by atoms with van der Waals surface area (Å²) in [6, 6.07) is 23.7. The molecule has 1 aliphatic rings. The number of nitrogens with one attached hydrogen (secondary N) is 1. The number of ketones is 1. The predicted molar refractivity (Wildman–Crippen MR) is 140 cm³/mol. The molecule has 1 saturated carbocycles. The average molecular weight is 464 g/mol. The van der Waals surface area contributed by atoms with E-state index in [0.29, 0.717) is 12.0 Å². The first-order valence-corrected chi connectivity index (χ1v) is 12.0. The van der Waals surface area contributed by atoms with Crippen LogP contribution in [0.5, 0.6) is 0 Å². The molecular formula is C30H29N3O2. The lowest BCUT2D eigenvalue weighted by molar-refractivity contribution is -0.119. The van der Waals surface area contributed by atoms with Gasteiger partial charge in [0.15, 0.2) is 0 Å². The number of benzene rings is 3. The lowest BCUT2D eigenvalue weighted by Gasteiger charge is -2.11. The van der Waals surface area contributed by atoms with Gasteiger partial charge >= 0.3 is 0 Å². The van der Waals surface area contributed by atoms with Crippen molar-refractivity contribution in [3.05, 3.63) is 107 Å². The van der Waals surface area contributed by atoms with Gasteiger partial charge in [0, 0.05) is 47.9 Å². The van der Waals surface area contributed by atoms with Gasteiger partial charge in [0.25, 0.3) is 5.91 Å². The number of amides is 1. The van der Waals surface area contributed by atoms with Crippen molar-refractivity contribution in [3.8, 4) is 0 Å². The van der Waals surface area contributed by atoms with Crippen molar-refractivity contribution in [3.63, 3.8) is 0 Å². The van der Waals surface area contributed by atoms with Gasteiger partial charge in [-0.25, -0.2) is 0 Å². The minimum absolute atomic E-state index is 0.0192. The molecule has 1 N–H and O–H groups in total. The summed E-state index contributed by atoms with van der Waals surface area (Å²) in [5.74, 6) is 0.327. The van der Waals surface area contributed by atoms with E-state index < -0.39 is 0 Å². The van der Waals surface area contributed by atoms with Crippen LogP contribution in [0.4, 0.5) is 5.69 Å². The Hall–Kier alpha value is -3.83. The molecule has 5 heteroatoms. The van der Waals surface area contributed by atoms with Crippen LogP contribution in [0.3, 0.4) is 0 Å². The number of nitrogens with zero attached hydrogens (tertiary/aromatic N) is 2. The molecule has 2 atom stereocenters. The molecule has 0 radical (unpaired) electrons. The van der Waals surface area contributed by atoms with Gasteiger partial charge in [-0.1, -0.05) is 42.5 Å². The van der Waals surface area contributed by atoms with E-state index >= 15 is 0 Å². The Bertz CT molecular complexity index is 1380. The first-order chi connectivity index (χ1) is 17.0. The van der Waals surface area contributed by atoms with Gasteiger partial charge in [-0.2, -0.15) is 0 Å². The maximum atomic E-state index is 13.0. The van der Waals surface area contributed by atoms with Crippen LogP contribution in [-0.2, 0) is 17.8 Å². The number of carbonyl (C=O) groups is 2. The van der Waals surface area contributed by atoms with Crippen LogP contribution in [0.15, 0.2) is 85.2 Å². The van der Waals surface area contributed by atoms with Crippen LogP contribution in [0.1, 0.15) is 39.4 Å². The summed E-state index contributed by atoms with van der Waals surface area (Å²) in [6.45, 7) is 0.857. The molecule has 1 fully saturated rings. The molecule has 5 rings (SSSR count). The van der Waals surface area contributed by atoms with Crippen molar-refractivity contribution in [2.45, 2.75) is 25.3 Å². The molecule has 5 nitrogen and oxygen atoms in total. The smallest absolute Gasteiger partial charge is 0.255 e. The molecule has 0 unspecified atom stereocenters. The van der Waals surface area contributed by atoms with Crippen LogP contribution in [-0.4, -0.2) is 35.7 Å². The number of carbonyl (C=O) groups excluding carboxylic acids is 2. The Morgan fingerprint density at radius 1 is 0.943 bits per heavy atom. The molecule has 1 amide bonds. The summed E-state index contributed by atoms with van der Waals surface area (Å²) in [5, 5.41) is 5.16. The topological polar surface area (TPSA) is 62.3 Å². The van der Waals surface area contributed by atoms with Gasteiger partial charge < -0.3 is 10.2 Å². The van der Waals surface area contributed by atoms with E-state index in [0.717, 1.165) is 40.6 Å². The van der Waals surface area contributed by atoms with Crippen molar-refractivity contribution in [1.29, 1.82) is 0 Å². The van der Waals surface area contributed by atoms with Crippen LogP contribution < -0.4 is 5.32 Å². The minimum Gasteiger partial charge on any atom is -0.322 e. The van der Waals surface area contributed by atoms with E-state index in [1.54, 1.807) is 6.20 Å². The molecule has 1 heterocycles. The van der Waals surface area contributed by atoms with Crippen molar-refractivity contribution in [2.24, 2.45) is 5.92 Å². The van der Waals surface area contributed by atoms with Crippen LogP contribution >= 0.6 is 0 Å². The molecule has 3 aromatic carbocycles. The van der Waals surface area contributed by atoms with E-state index in [1.165, 1.54) is 5.56 Å². The third-order valence-electron chi connectivity index (χ3n) is 6.57. The Balaban J connectivity index is 1.21. The van der Waals surface area contributed by atoms with E-state index in [9.17, 15) is 9.59 Å². The molecule has 4 aromatic rings. The minimum atomic E-state index is -0.138. The highest BCUT2D eigenvalue weighted by atomic mass is 16.1. The number of fused-ring (bicyclic) bond motifs is 1. The molecule has 0 aliphatic heterocycles. The van der Waals surface area contributed by atoms with Crippen molar-refractivity contribution in [2.75, 3.05) is 19.4 Å². The van der Waals surface area contributed by atoms with E-state index in [2.05, 4.69) is 21.3 Å². The number of aromatic nitrogens is 1. The first-order valence-electron chi connectivity index (χ1n) is 12.0. The third-order valence-corrected chi connectivity index (χ3v) is 6.57. The number of pyridine rings is 1. The second-order valence-corrected chi connectivity index (χ2v) is 9.66. The number of Topliss-reactive ketones (excluding diaryl/α,β-unsaturated/α-hetero) is 1. The summed E-state index contributed by atoms with van der Waals surface area (Å²) in [7, 11) is 4.06. The normalized spacial score (nSPS) is 16.9. The maximum Gasteiger partial charge on any atom is 0.255 e. The van der Waals surface area contributed by atoms with Gasteiger partial charge in [-0.15, -0.1) is 0 Å². The summed E-state index contributed by atoms with van der Waals surface area (Å²) in [6.07, 6.45) is 4.88. The quantitative estimate of drug-likeness (QED) is 0.377. The van der Waals surface area contributed by atoms with E-state index in [-0.39, 0.29) is 23.5 Å². The molecule has 35 heavy (non-hydrogen) atoms. The fourth-order valence-corrected chi connectivity index (χ4v) is 4.67. The standard InChI is InChI=1S/C30H29N3O2/c1-33(2)19-20-7-10-26(11-8-20)32-30(35)24-5-3-4-23(16-24)27-17-28(27)29(34)15-21-6-9-25-18-31-13-12-22(25)14-21/h3-14,16,18,27-28H,15,17,19H2,1-2H3,(H,32,35)/t27-,28+/m0/s1. The van der Waals surface area contributed by atoms with E-state index in [4.69, 9.17) is 0 Å². The highest BCUT2D eigenvalue weighted by Crippen LogP contribution is 2.48. The summed E-state index contributed by atoms with van der Waals surface area (Å²) >= 11 is 0. The monoisotopic (exact) mass is 463 g/mol. The van der Waals surface area contributed by atoms with Crippen LogP contribution in [0, 0.1) is 5.92 Å². The van der Waals surface area contributed by atoms with Gasteiger partial charge in [-0.05, 0) is 78.8 Å². The average Bonchev–Trinajstić information content (AvgIpc) is 3.66. The molecular weight excluding hydrogens is 434 g/mol. The molecule has 0 bridgehead atoms. The first kappa shape index (κ1) is 22.9. The van der Waals surface area contributed by atoms with Crippen molar-refractivity contribution >= 4 is 28.2 Å². The molecule has 0 spiro atoms.